The summed E-state index contributed by atoms with van der Waals surface area (Å²) in [7, 11) is 0. The lowest BCUT2D eigenvalue weighted by Gasteiger charge is -2.30. The zero-order valence-electron chi connectivity index (χ0n) is 13.7. The van der Waals surface area contributed by atoms with Gasteiger partial charge in [-0.15, -0.1) is 0 Å². The van der Waals surface area contributed by atoms with E-state index in [1.807, 2.05) is 12.1 Å². The van der Waals surface area contributed by atoms with Gasteiger partial charge in [0.15, 0.2) is 5.82 Å². The molecule has 0 aromatic heterocycles. The molecule has 1 aliphatic rings. The molecule has 25 heavy (non-hydrogen) atoms. The monoisotopic (exact) mass is 345 g/mol. The Bertz CT molecular complexity index is 769. The first kappa shape index (κ1) is 17.3. The summed E-state index contributed by atoms with van der Waals surface area (Å²) in [5.41, 5.74) is 2.47. The van der Waals surface area contributed by atoms with Gasteiger partial charge in [0.05, 0.1) is 22.8 Å². The second kappa shape index (κ2) is 7.58. The van der Waals surface area contributed by atoms with Crippen LogP contribution in [0.15, 0.2) is 42.5 Å². The maximum Gasteiger partial charge on any atom is 0.272 e. The highest BCUT2D eigenvalue weighted by Crippen LogP contribution is 2.21. The number of hydrogen-bond donors (Lipinski definition) is 2. The topological polar surface area (TPSA) is 78.6 Å². The number of fused-ring (bicyclic) bond motifs is 1. The van der Waals surface area contributed by atoms with E-state index in [0.717, 1.165) is 25.6 Å². The Kier molecular flexibility index (Phi) is 5.25. The average molecular weight is 345 g/mol. The van der Waals surface area contributed by atoms with Crippen LogP contribution in [-0.4, -0.2) is 40.7 Å². The molecule has 0 amide bonds. The molecule has 0 aliphatic carbocycles. The van der Waals surface area contributed by atoms with E-state index in [4.69, 9.17) is 0 Å². The van der Waals surface area contributed by atoms with E-state index in [9.17, 15) is 19.6 Å². The molecular formula is C18H20FN3O3. The van der Waals surface area contributed by atoms with Gasteiger partial charge in [-0.2, -0.15) is 0 Å². The third-order valence-corrected chi connectivity index (χ3v) is 4.37. The van der Waals surface area contributed by atoms with Crippen molar-refractivity contribution in [1.82, 2.24) is 4.90 Å². The fraction of sp³-hybridized carbons (Fsp3) is 0.333. The Hall–Kier alpha value is -2.51. The molecule has 0 spiro atoms. The van der Waals surface area contributed by atoms with E-state index in [1.165, 1.54) is 23.3 Å². The van der Waals surface area contributed by atoms with Gasteiger partial charge in [-0.05, 0) is 23.6 Å². The molecule has 0 saturated heterocycles. The van der Waals surface area contributed by atoms with E-state index in [-0.39, 0.29) is 17.9 Å². The second-order valence-electron chi connectivity index (χ2n) is 6.21. The third-order valence-electron chi connectivity index (χ3n) is 4.37. The van der Waals surface area contributed by atoms with Crippen LogP contribution in [-0.2, 0) is 13.0 Å². The van der Waals surface area contributed by atoms with Crippen molar-refractivity contribution in [2.75, 3.05) is 25.0 Å². The highest BCUT2D eigenvalue weighted by Gasteiger charge is 2.18. The van der Waals surface area contributed by atoms with Gasteiger partial charge in [0.1, 0.15) is 0 Å². The zero-order chi connectivity index (χ0) is 17.8. The molecular weight excluding hydrogens is 325 g/mol. The number of nitrogens with one attached hydrogen (secondary N) is 1. The number of nitrogens with zero attached hydrogens (tertiary/aromatic N) is 2. The number of rotatable bonds is 6. The molecule has 3 rings (SSSR count). The lowest BCUT2D eigenvalue weighted by atomic mass is 10.00. The summed E-state index contributed by atoms with van der Waals surface area (Å²) in [6.07, 6.45) is 0.285. The molecule has 0 bridgehead atoms. The van der Waals surface area contributed by atoms with Crippen LogP contribution < -0.4 is 5.32 Å². The Morgan fingerprint density at radius 2 is 2.04 bits per heavy atom. The van der Waals surface area contributed by atoms with Gasteiger partial charge in [-0.3, -0.25) is 15.0 Å². The summed E-state index contributed by atoms with van der Waals surface area (Å²) in [5.74, 6) is -0.701. The first-order valence-electron chi connectivity index (χ1n) is 8.18. The molecule has 1 atom stereocenters. The van der Waals surface area contributed by atoms with Gasteiger partial charge in [0.25, 0.3) is 5.69 Å². The van der Waals surface area contributed by atoms with E-state index in [2.05, 4.69) is 22.3 Å². The molecule has 2 aromatic carbocycles. The van der Waals surface area contributed by atoms with Crippen molar-refractivity contribution in [2.45, 2.75) is 19.1 Å². The van der Waals surface area contributed by atoms with Crippen molar-refractivity contribution < 1.29 is 14.4 Å². The fourth-order valence-corrected chi connectivity index (χ4v) is 3.06. The van der Waals surface area contributed by atoms with Gasteiger partial charge < -0.3 is 10.4 Å². The quantitative estimate of drug-likeness (QED) is 0.621. The van der Waals surface area contributed by atoms with Gasteiger partial charge >= 0.3 is 0 Å². The molecule has 7 heteroatoms. The number of hydrogen-bond acceptors (Lipinski definition) is 5. The van der Waals surface area contributed by atoms with Crippen molar-refractivity contribution in [1.29, 1.82) is 0 Å². The van der Waals surface area contributed by atoms with Crippen LogP contribution in [0.2, 0.25) is 0 Å². The average Bonchev–Trinajstić information content (AvgIpc) is 2.60. The molecule has 1 heterocycles. The van der Waals surface area contributed by atoms with Crippen LogP contribution >= 0.6 is 0 Å². The van der Waals surface area contributed by atoms with Gasteiger partial charge in [0, 0.05) is 32.2 Å². The van der Waals surface area contributed by atoms with E-state index >= 15 is 0 Å². The number of halogens is 1. The number of benzene rings is 2. The molecule has 2 aromatic rings. The largest absolute Gasteiger partial charge is 0.390 e. The lowest BCUT2D eigenvalue weighted by molar-refractivity contribution is -0.385. The highest BCUT2D eigenvalue weighted by molar-refractivity contribution is 5.50. The zero-order valence-corrected chi connectivity index (χ0v) is 13.7. The molecule has 1 aliphatic heterocycles. The van der Waals surface area contributed by atoms with Gasteiger partial charge in [-0.25, -0.2) is 4.39 Å². The molecule has 132 valence electrons. The molecule has 0 fully saturated rings. The summed E-state index contributed by atoms with van der Waals surface area (Å²) in [6.45, 7) is 2.32. The predicted octanol–water partition coefficient (Wildman–Crippen LogP) is 2.57. The summed E-state index contributed by atoms with van der Waals surface area (Å²) < 4.78 is 13.8. The molecule has 2 N–H and O–H groups in total. The number of nitro groups is 1. The fourth-order valence-electron chi connectivity index (χ4n) is 3.06. The van der Waals surface area contributed by atoms with E-state index < -0.39 is 16.8 Å². The minimum Gasteiger partial charge on any atom is -0.390 e. The lowest BCUT2D eigenvalue weighted by Crippen LogP contribution is -2.39. The van der Waals surface area contributed by atoms with Crippen molar-refractivity contribution >= 4 is 11.4 Å². The van der Waals surface area contributed by atoms with Crippen molar-refractivity contribution in [2.24, 2.45) is 0 Å². The molecule has 0 saturated carbocycles. The molecule has 0 unspecified atom stereocenters. The van der Waals surface area contributed by atoms with Crippen LogP contribution in [0, 0.1) is 15.9 Å². The van der Waals surface area contributed by atoms with Crippen LogP contribution in [0.3, 0.4) is 0 Å². The van der Waals surface area contributed by atoms with Gasteiger partial charge in [0.2, 0.25) is 0 Å². The SMILES string of the molecule is O=[N+]([O-])c1ccc(NC[C@@H](O)CN2CCc3ccccc3C2)c(F)c1. The maximum atomic E-state index is 13.8. The number of anilines is 1. The van der Waals surface area contributed by atoms with Crippen LogP contribution in [0.25, 0.3) is 0 Å². The van der Waals surface area contributed by atoms with Crippen molar-refractivity contribution in [3.63, 3.8) is 0 Å². The summed E-state index contributed by atoms with van der Waals surface area (Å²) in [4.78, 5) is 12.1. The summed E-state index contributed by atoms with van der Waals surface area (Å²) >= 11 is 0. The Labute approximate surface area is 145 Å². The molecule has 0 radical (unpaired) electrons. The number of aliphatic hydroxyl groups excluding tert-OH is 1. The van der Waals surface area contributed by atoms with Crippen LogP contribution in [0.4, 0.5) is 15.8 Å². The third kappa shape index (κ3) is 4.32. The Balaban J connectivity index is 1.52. The predicted molar refractivity (Wildman–Crippen MR) is 93.0 cm³/mol. The van der Waals surface area contributed by atoms with E-state index in [1.54, 1.807) is 0 Å². The first-order chi connectivity index (χ1) is 12.0. The van der Waals surface area contributed by atoms with Crippen LogP contribution in [0.1, 0.15) is 11.1 Å². The smallest absolute Gasteiger partial charge is 0.272 e. The second-order valence-corrected chi connectivity index (χ2v) is 6.21. The van der Waals surface area contributed by atoms with Crippen molar-refractivity contribution in [3.8, 4) is 0 Å². The number of β-amino-alcohol motifs (C(OH)–C–C–N with tert-alkyl or cyclic N) is 1. The number of aliphatic hydroxyl groups is 1. The minimum atomic E-state index is -0.701. The highest BCUT2D eigenvalue weighted by atomic mass is 19.1. The summed E-state index contributed by atoms with van der Waals surface area (Å²) in [6, 6.07) is 11.7. The molecule has 6 nitrogen and oxygen atoms in total. The van der Waals surface area contributed by atoms with E-state index in [0.29, 0.717) is 6.54 Å². The standard InChI is InChI=1S/C18H20FN3O3/c19-17-9-15(22(24)25)5-6-18(17)20-10-16(23)12-21-8-7-13-3-1-2-4-14(13)11-21/h1-6,9,16,20,23H,7-8,10-12H2/t16-/m1/s1. The Morgan fingerprint density at radius 1 is 1.28 bits per heavy atom. The summed E-state index contributed by atoms with van der Waals surface area (Å²) in [5, 5.41) is 23.6. The first-order valence-corrected chi connectivity index (χ1v) is 8.18. The van der Waals surface area contributed by atoms with Crippen molar-refractivity contribution in [3.05, 3.63) is 69.5 Å². The van der Waals surface area contributed by atoms with Gasteiger partial charge in [-0.1, -0.05) is 24.3 Å². The normalized spacial score (nSPS) is 15.4. The number of nitro benzene ring substituents is 1. The maximum absolute atomic E-state index is 13.8. The van der Waals surface area contributed by atoms with Crippen LogP contribution in [0.5, 0.6) is 0 Å². The minimum absolute atomic E-state index is 0.147. The Morgan fingerprint density at radius 3 is 2.76 bits per heavy atom. The number of non-ortho nitro benzene ring substituents is 1.